The number of carbonyl (C=O) groups excluding carboxylic acids is 2. The van der Waals surface area contributed by atoms with Crippen LogP contribution in [0, 0.1) is 6.92 Å². The number of ether oxygens (including phenoxy) is 2. The molecular weight excluding hydrogens is 418 g/mol. The molecule has 4 rings (SSSR count). The average molecular weight is 446 g/mol. The first-order valence-corrected chi connectivity index (χ1v) is 11.0. The van der Waals surface area contributed by atoms with Crippen LogP contribution in [0.3, 0.4) is 0 Å². The highest BCUT2D eigenvalue weighted by molar-refractivity contribution is 5.80. The second kappa shape index (κ2) is 10.6. The maximum Gasteiger partial charge on any atom is 0.260 e. The Bertz CT molecular complexity index is 1060. The smallest absolute Gasteiger partial charge is 0.260 e. The highest BCUT2D eigenvalue weighted by atomic mass is 16.5. The Labute approximate surface area is 193 Å². The molecule has 33 heavy (non-hydrogen) atoms. The third-order valence-electron chi connectivity index (χ3n) is 5.49. The van der Waals surface area contributed by atoms with Crippen LogP contribution in [0.1, 0.15) is 11.3 Å². The summed E-state index contributed by atoms with van der Waals surface area (Å²) in [6.45, 7) is 4.02. The standard InChI is InChI=1S/C26H27N3O4/c1-20-5-7-23(8-6-20)33-24-11-9-22(10-12-24)32-19-26(31)29-16-14-28(15-17-29)25(30)18-21-4-2-3-13-27-21/h2-13H,14-19H2,1H3. The molecule has 1 aromatic heterocycles. The van der Waals surface area contributed by atoms with E-state index in [0.717, 1.165) is 11.4 Å². The number of aryl methyl sites for hydroxylation is 1. The lowest BCUT2D eigenvalue weighted by Crippen LogP contribution is -2.52. The second-order valence-corrected chi connectivity index (χ2v) is 7.93. The highest BCUT2D eigenvalue weighted by Gasteiger charge is 2.24. The van der Waals surface area contributed by atoms with E-state index in [9.17, 15) is 9.59 Å². The molecule has 1 saturated heterocycles. The van der Waals surface area contributed by atoms with Crippen molar-refractivity contribution in [2.45, 2.75) is 13.3 Å². The van der Waals surface area contributed by atoms with E-state index in [1.807, 2.05) is 61.5 Å². The number of hydrogen-bond donors (Lipinski definition) is 0. The molecule has 1 aliphatic rings. The lowest BCUT2D eigenvalue weighted by atomic mass is 10.2. The van der Waals surface area contributed by atoms with Gasteiger partial charge in [-0.3, -0.25) is 14.6 Å². The Morgan fingerprint density at radius 2 is 1.36 bits per heavy atom. The minimum absolute atomic E-state index is 0.0324. The van der Waals surface area contributed by atoms with Crippen LogP contribution < -0.4 is 9.47 Å². The molecular formula is C26H27N3O4. The number of aromatic nitrogens is 1. The van der Waals surface area contributed by atoms with E-state index in [1.54, 1.807) is 28.1 Å². The first-order chi connectivity index (χ1) is 16.1. The molecule has 0 atom stereocenters. The van der Waals surface area contributed by atoms with Crippen molar-refractivity contribution in [3.05, 3.63) is 84.2 Å². The van der Waals surface area contributed by atoms with Gasteiger partial charge in [-0.1, -0.05) is 23.8 Å². The monoisotopic (exact) mass is 445 g/mol. The van der Waals surface area contributed by atoms with Crippen LogP contribution in [0.2, 0.25) is 0 Å². The van der Waals surface area contributed by atoms with Gasteiger partial charge in [0, 0.05) is 38.1 Å². The van der Waals surface area contributed by atoms with Crippen LogP contribution in [0.15, 0.2) is 72.9 Å². The second-order valence-electron chi connectivity index (χ2n) is 7.93. The van der Waals surface area contributed by atoms with Gasteiger partial charge in [0.1, 0.15) is 17.2 Å². The molecule has 1 aliphatic heterocycles. The molecule has 3 aromatic rings. The van der Waals surface area contributed by atoms with E-state index in [2.05, 4.69) is 4.98 Å². The Balaban J connectivity index is 1.20. The summed E-state index contributed by atoms with van der Waals surface area (Å²) in [4.78, 5) is 32.7. The highest BCUT2D eigenvalue weighted by Crippen LogP contribution is 2.24. The summed E-state index contributed by atoms with van der Waals surface area (Å²) < 4.78 is 11.5. The molecule has 2 amide bonds. The largest absolute Gasteiger partial charge is 0.484 e. The number of benzene rings is 2. The van der Waals surface area contributed by atoms with Crippen molar-refractivity contribution in [3.8, 4) is 17.2 Å². The van der Waals surface area contributed by atoms with E-state index >= 15 is 0 Å². The Hall–Kier alpha value is -3.87. The van der Waals surface area contributed by atoms with Gasteiger partial charge in [0.2, 0.25) is 5.91 Å². The number of pyridine rings is 1. The first-order valence-electron chi connectivity index (χ1n) is 11.0. The molecule has 0 N–H and O–H groups in total. The molecule has 7 nitrogen and oxygen atoms in total. The zero-order valence-corrected chi connectivity index (χ0v) is 18.6. The molecule has 2 aromatic carbocycles. The molecule has 170 valence electrons. The van der Waals surface area contributed by atoms with Gasteiger partial charge in [0.15, 0.2) is 6.61 Å². The summed E-state index contributed by atoms with van der Waals surface area (Å²) >= 11 is 0. The summed E-state index contributed by atoms with van der Waals surface area (Å²) in [6, 6.07) is 20.6. The number of rotatable bonds is 7. The maximum atomic E-state index is 12.5. The lowest BCUT2D eigenvalue weighted by molar-refractivity contribution is -0.140. The fourth-order valence-electron chi connectivity index (χ4n) is 3.56. The molecule has 0 unspecified atom stereocenters. The van der Waals surface area contributed by atoms with E-state index in [0.29, 0.717) is 37.7 Å². The normalized spacial score (nSPS) is 13.5. The summed E-state index contributed by atoms with van der Waals surface area (Å²) in [6.07, 6.45) is 1.96. The van der Waals surface area contributed by atoms with Gasteiger partial charge in [-0.2, -0.15) is 0 Å². The van der Waals surface area contributed by atoms with Gasteiger partial charge in [-0.25, -0.2) is 0 Å². The average Bonchev–Trinajstić information content (AvgIpc) is 2.85. The summed E-state index contributed by atoms with van der Waals surface area (Å²) in [5.41, 5.74) is 1.93. The van der Waals surface area contributed by atoms with E-state index < -0.39 is 0 Å². The first kappa shape index (κ1) is 22.3. The van der Waals surface area contributed by atoms with Gasteiger partial charge in [-0.15, -0.1) is 0 Å². The molecule has 0 radical (unpaired) electrons. The third-order valence-corrected chi connectivity index (χ3v) is 5.49. The minimum Gasteiger partial charge on any atom is -0.484 e. The van der Waals surface area contributed by atoms with E-state index in [-0.39, 0.29) is 24.8 Å². The Morgan fingerprint density at radius 1 is 0.788 bits per heavy atom. The number of piperazine rings is 1. The van der Waals surface area contributed by atoms with Crippen LogP contribution in [0.25, 0.3) is 0 Å². The fraction of sp³-hybridized carbons (Fsp3) is 0.269. The van der Waals surface area contributed by atoms with Crippen LogP contribution in [-0.4, -0.2) is 59.4 Å². The predicted molar refractivity (Wildman–Crippen MR) is 124 cm³/mol. The molecule has 7 heteroatoms. The molecule has 0 bridgehead atoms. The molecule has 0 saturated carbocycles. The van der Waals surface area contributed by atoms with Gasteiger partial charge in [-0.05, 0) is 55.5 Å². The molecule has 0 aliphatic carbocycles. The quantitative estimate of drug-likeness (QED) is 0.557. The zero-order valence-electron chi connectivity index (χ0n) is 18.6. The van der Waals surface area contributed by atoms with Crippen molar-refractivity contribution < 1.29 is 19.1 Å². The molecule has 1 fully saturated rings. The van der Waals surface area contributed by atoms with Crippen molar-refractivity contribution >= 4 is 11.8 Å². The Morgan fingerprint density at radius 3 is 1.97 bits per heavy atom. The summed E-state index contributed by atoms with van der Waals surface area (Å²) in [5.74, 6) is 2.01. The van der Waals surface area contributed by atoms with Crippen molar-refractivity contribution in [1.29, 1.82) is 0 Å². The van der Waals surface area contributed by atoms with Crippen molar-refractivity contribution in [3.63, 3.8) is 0 Å². The zero-order chi connectivity index (χ0) is 23.0. The van der Waals surface area contributed by atoms with Crippen molar-refractivity contribution in [1.82, 2.24) is 14.8 Å². The van der Waals surface area contributed by atoms with E-state index in [1.165, 1.54) is 5.56 Å². The molecule has 2 heterocycles. The SMILES string of the molecule is Cc1ccc(Oc2ccc(OCC(=O)N3CCN(C(=O)Cc4ccccn4)CC3)cc2)cc1. The van der Waals surface area contributed by atoms with Gasteiger partial charge >= 0.3 is 0 Å². The van der Waals surface area contributed by atoms with Gasteiger partial charge in [0.25, 0.3) is 5.91 Å². The van der Waals surface area contributed by atoms with Crippen LogP contribution in [0.5, 0.6) is 17.2 Å². The topological polar surface area (TPSA) is 72.0 Å². The van der Waals surface area contributed by atoms with Crippen LogP contribution in [0.4, 0.5) is 0 Å². The maximum absolute atomic E-state index is 12.5. The number of hydrogen-bond acceptors (Lipinski definition) is 5. The number of nitrogens with zero attached hydrogens (tertiary/aromatic N) is 3. The minimum atomic E-state index is -0.0909. The van der Waals surface area contributed by atoms with Crippen molar-refractivity contribution in [2.24, 2.45) is 0 Å². The third kappa shape index (κ3) is 6.32. The fourth-order valence-corrected chi connectivity index (χ4v) is 3.56. The molecule has 0 spiro atoms. The number of amides is 2. The predicted octanol–water partition coefficient (Wildman–Crippen LogP) is 3.47. The number of carbonyl (C=O) groups is 2. The summed E-state index contributed by atoms with van der Waals surface area (Å²) in [7, 11) is 0. The van der Waals surface area contributed by atoms with Gasteiger partial charge < -0.3 is 19.3 Å². The lowest BCUT2D eigenvalue weighted by Gasteiger charge is -2.34. The Kier molecular flexibility index (Phi) is 7.19. The van der Waals surface area contributed by atoms with Gasteiger partial charge in [0.05, 0.1) is 6.42 Å². The summed E-state index contributed by atoms with van der Waals surface area (Å²) in [5, 5.41) is 0. The van der Waals surface area contributed by atoms with Crippen LogP contribution >= 0.6 is 0 Å². The van der Waals surface area contributed by atoms with E-state index in [4.69, 9.17) is 9.47 Å². The van der Waals surface area contributed by atoms with Crippen molar-refractivity contribution in [2.75, 3.05) is 32.8 Å². The van der Waals surface area contributed by atoms with Crippen LogP contribution in [-0.2, 0) is 16.0 Å².